The molecule has 0 saturated carbocycles. The normalized spacial score (nSPS) is 17.7. The van der Waals surface area contributed by atoms with Gasteiger partial charge >= 0.3 is 0 Å². The van der Waals surface area contributed by atoms with Crippen LogP contribution in [0, 0.1) is 12.7 Å². The van der Waals surface area contributed by atoms with Crippen LogP contribution in [-0.4, -0.2) is 37.8 Å². The van der Waals surface area contributed by atoms with E-state index < -0.39 is 27.5 Å². The maximum atomic E-state index is 14.9. The van der Waals surface area contributed by atoms with Crippen molar-refractivity contribution in [2.45, 2.75) is 58.1 Å². The zero-order valence-electron chi connectivity index (χ0n) is 17.8. The van der Waals surface area contributed by atoms with Crippen LogP contribution in [0.1, 0.15) is 63.4 Å². The number of hydrogen-bond donors (Lipinski definition) is 0. The fraction of sp³-hybridized carbons (Fsp3) is 0.571. The molecule has 2 aromatic rings. The summed E-state index contributed by atoms with van der Waals surface area (Å²) < 4.78 is 38.1. The molecule has 29 heavy (non-hydrogen) atoms. The van der Waals surface area contributed by atoms with Gasteiger partial charge in [-0.15, -0.1) is 0 Å². The third kappa shape index (κ3) is 4.25. The summed E-state index contributed by atoms with van der Waals surface area (Å²) >= 11 is -1.48. The van der Waals surface area contributed by atoms with Gasteiger partial charge in [0.25, 0.3) is 5.56 Å². The molecule has 158 valence electrons. The minimum atomic E-state index is -1.48. The molecule has 3 rings (SSSR count). The van der Waals surface area contributed by atoms with Gasteiger partial charge in [0, 0.05) is 31.7 Å². The molecule has 1 aromatic heterocycles. The fourth-order valence-corrected chi connectivity index (χ4v) is 4.08. The molecule has 0 unspecified atom stereocenters. The number of rotatable bonds is 3. The highest BCUT2D eigenvalue weighted by atomic mass is 32.2. The molecule has 0 radical (unpaired) electrons. The molecule has 0 N–H and O–H groups in total. The Labute approximate surface area is 173 Å². The van der Waals surface area contributed by atoms with Crippen molar-refractivity contribution in [3.8, 4) is 0 Å². The zero-order chi connectivity index (χ0) is 21.5. The van der Waals surface area contributed by atoms with Gasteiger partial charge in [0.2, 0.25) is 0 Å². The molecule has 6 nitrogen and oxygen atoms in total. The van der Waals surface area contributed by atoms with Crippen LogP contribution in [0.3, 0.4) is 0 Å². The van der Waals surface area contributed by atoms with Crippen LogP contribution in [0.15, 0.2) is 15.3 Å². The number of aromatic nitrogens is 2. The van der Waals surface area contributed by atoms with Gasteiger partial charge in [-0.05, 0) is 59.1 Å². The Morgan fingerprint density at radius 1 is 1.38 bits per heavy atom. The smallest absolute Gasteiger partial charge is 0.264 e. The first-order valence-electron chi connectivity index (χ1n) is 9.77. The van der Waals surface area contributed by atoms with E-state index >= 15 is 0 Å². The standard InChI is InChI=1S/C21H28FN3O3S/c1-12-11-15(13(2)24-29(27)21(3,4)5)18-16(17(12)22)20(26)25(6)19(23-18)14-7-9-28-10-8-14/h11,14H,7-10H2,1-6H3/t29-/m1/s1. The van der Waals surface area contributed by atoms with Crippen molar-refractivity contribution in [3.05, 3.63) is 39.2 Å². The molecule has 1 atom stereocenters. The minimum absolute atomic E-state index is 0.0469. The summed E-state index contributed by atoms with van der Waals surface area (Å²) in [5, 5.41) is -0.0469. The Kier molecular flexibility index (Phi) is 6.17. The van der Waals surface area contributed by atoms with Gasteiger partial charge in [0.15, 0.2) is 0 Å². The average molecular weight is 422 g/mol. The predicted octanol–water partition coefficient (Wildman–Crippen LogP) is 3.55. The molecule has 1 aromatic carbocycles. The van der Waals surface area contributed by atoms with Crippen molar-refractivity contribution in [3.63, 3.8) is 0 Å². The summed E-state index contributed by atoms with van der Waals surface area (Å²) in [6.07, 6.45) is 1.52. The number of aryl methyl sites for hydroxylation is 1. The SMILES string of the molecule is CC(=N[S@+]([O-])C(C)(C)C)c1cc(C)c(F)c2c(=O)n(C)c(C3CCOCC3)nc12. The van der Waals surface area contributed by atoms with Gasteiger partial charge in [-0.2, -0.15) is 0 Å². The number of benzene rings is 1. The van der Waals surface area contributed by atoms with E-state index in [9.17, 15) is 13.7 Å². The molecule has 8 heteroatoms. The summed E-state index contributed by atoms with van der Waals surface area (Å²) in [4.78, 5) is 17.8. The van der Waals surface area contributed by atoms with Gasteiger partial charge in [-0.25, -0.2) is 9.37 Å². The zero-order valence-corrected chi connectivity index (χ0v) is 18.7. The molecule has 1 aliphatic heterocycles. The molecule has 1 fully saturated rings. The van der Waals surface area contributed by atoms with E-state index in [1.54, 1.807) is 27.0 Å². The van der Waals surface area contributed by atoms with Crippen LogP contribution in [0.2, 0.25) is 0 Å². The molecule has 0 spiro atoms. The Balaban J connectivity index is 2.28. The maximum Gasteiger partial charge on any atom is 0.264 e. The Hall–Kier alpha value is -1.77. The summed E-state index contributed by atoms with van der Waals surface area (Å²) in [6, 6.07) is 1.64. The number of fused-ring (bicyclic) bond motifs is 1. The molecule has 0 amide bonds. The lowest BCUT2D eigenvalue weighted by Crippen LogP contribution is -2.29. The minimum Gasteiger partial charge on any atom is -0.591 e. The monoisotopic (exact) mass is 421 g/mol. The lowest BCUT2D eigenvalue weighted by molar-refractivity contribution is 0.0828. The lowest BCUT2D eigenvalue weighted by atomic mass is 9.97. The average Bonchev–Trinajstić information content (AvgIpc) is 2.66. The first-order valence-corrected chi connectivity index (χ1v) is 10.9. The summed E-state index contributed by atoms with van der Waals surface area (Å²) in [7, 11) is 1.64. The molecular formula is C21H28FN3O3S. The first kappa shape index (κ1) is 21.9. The van der Waals surface area contributed by atoms with Crippen molar-refractivity contribution in [1.82, 2.24) is 9.55 Å². The second-order valence-electron chi connectivity index (χ2n) is 8.54. The molecule has 0 aliphatic carbocycles. The Morgan fingerprint density at radius 2 is 2.00 bits per heavy atom. The molecular weight excluding hydrogens is 393 g/mol. The maximum absolute atomic E-state index is 14.9. The second kappa shape index (κ2) is 8.16. The van der Waals surface area contributed by atoms with Crippen LogP contribution >= 0.6 is 0 Å². The quantitative estimate of drug-likeness (QED) is 0.561. The van der Waals surface area contributed by atoms with Crippen LogP contribution < -0.4 is 5.56 Å². The van der Waals surface area contributed by atoms with E-state index in [1.807, 2.05) is 20.8 Å². The summed E-state index contributed by atoms with van der Waals surface area (Å²) in [5.74, 6) is 0.129. The van der Waals surface area contributed by atoms with Crippen LogP contribution in [0.25, 0.3) is 10.9 Å². The number of halogens is 1. The largest absolute Gasteiger partial charge is 0.591 e. The summed E-state index contributed by atoms with van der Waals surface area (Å²) in [5.41, 5.74) is 1.22. The first-order chi connectivity index (χ1) is 13.5. The van der Waals surface area contributed by atoms with Gasteiger partial charge in [0.05, 0.1) is 11.2 Å². The van der Waals surface area contributed by atoms with Crippen LogP contribution in [-0.2, 0) is 23.1 Å². The number of ether oxygens (including phenoxy) is 1. The van der Waals surface area contributed by atoms with E-state index in [2.05, 4.69) is 4.40 Å². The number of nitrogens with zero attached hydrogens (tertiary/aromatic N) is 3. The Morgan fingerprint density at radius 3 is 2.59 bits per heavy atom. The van der Waals surface area contributed by atoms with Gasteiger partial charge in [0.1, 0.15) is 33.1 Å². The van der Waals surface area contributed by atoms with Crippen molar-refractivity contribution in [1.29, 1.82) is 0 Å². The lowest BCUT2D eigenvalue weighted by Gasteiger charge is -2.24. The van der Waals surface area contributed by atoms with E-state index in [1.165, 1.54) is 4.57 Å². The third-order valence-corrected chi connectivity index (χ3v) is 6.71. The van der Waals surface area contributed by atoms with E-state index in [4.69, 9.17) is 9.72 Å². The van der Waals surface area contributed by atoms with E-state index in [0.29, 0.717) is 35.9 Å². The van der Waals surface area contributed by atoms with Gasteiger partial charge in [-0.1, -0.05) is 4.40 Å². The highest BCUT2D eigenvalue weighted by Gasteiger charge is 2.28. The van der Waals surface area contributed by atoms with E-state index in [0.717, 1.165) is 12.8 Å². The fourth-order valence-electron chi connectivity index (χ4n) is 3.46. The van der Waals surface area contributed by atoms with Crippen molar-refractivity contribution in [2.75, 3.05) is 13.2 Å². The molecule has 1 saturated heterocycles. The van der Waals surface area contributed by atoms with Crippen LogP contribution in [0.5, 0.6) is 0 Å². The second-order valence-corrected chi connectivity index (χ2v) is 10.4. The predicted molar refractivity (Wildman–Crippen MR) is 115 cm³/mol. The van der Waals surface area contributed by atoms with Crippen LogP contribution in [0.4, 0.5) is 4.39 Å². The van der Waals surface area contributed by atoms with Gasteiger partial charge in [-0.3, -0.25) is 9.36 Å². The molecule has 1 aliphatic rings. The summed E-state index contributed by atoms with van der Waals surface area (Å²) in [6.45, 7) is 10.1. The third-order valence-electron chi connectivity index (χ3n) is 5.23. The Bertz CT molecular complexity index is 1020. The van der Waals surface area contributed by atoms with Crippen molar-refractivity contribution < 1.29 is 13.7 Å². The molecule has 2 heterocycles. The van der Waals surface area contributed by atoms with Crippen molar-refractivity contribution >= 4 is 28.0 Å². The van der Waals surface area contributed by atoms with Gasteiger partial charge < -0.3 is 9.29 Å². The highest BCUT2D eigenvalue weighted by Crippen LogP contribution is 2.29. The topological polar surface area (TPSA) is 79.5 Å². The highest BCUT2D eigenvalue weighted by molar-refractivity contribution is 7.91. The van der Waals surface area contributed by atoms with E-state index in [-0.39, 0.29) is 16.8 Å². The van der Waals surface area contributed by atoms with Crippen molar-refractivity contribution in [2.24, 2.45) is 11.4 Å². The molecule has 0 bridgehead atoms. The number of hydrogen-bond acceptors (Lipinski definition) is 5.